The molecule has 9 heteroatoms. The van der Waals surface area contributed by atoms with Gasteiger partial charge in [-0.15, -0.1) is 0 Å². The Bertz CT molecular complexity index is 1200. The molecular formula is C25H30N2O6S. The summed E-state index contributed by atoms with van der Waals surface area (Å²) in [6.45, 7) is 3.95. The van der Waals surface area contributed by atoms with Crippen LogP contribution in [0.4, 0.5) is 0 Å². The summed E-state index contributed by atoms with van der Waals surface area (Å²) in [4.78, 5) is 39.0. The van der Waals surface area contributed by atoms with Gasteiger partial charge in [0.2, 0.25) is 5.91 Å². The van der Waals surface area contributed by atoms with Crippen LogP contribution in [0.1, 0.15) is 47.7 Å². The predicted molar refractivity (Wildman–Crippen MR) is 127 cm³/mol. The normalized spacial score (nSPS) is 26.6. The van der Waals surface area contributed by atoms with E-state index in [2.05, 4.69) is 37.4 Å². The predicted octanol–water partition coefficient (Wildman–Crippen LogP) is 1.72. The zero-order valence-corrected chi connectivity index (χ0v) is 20.6. The van der Waals surface area contributed by atoms with Crippen LogP contribution in [0.3, 0.4) is 0 Å². The van der Waals surface area contributed by atoms with E-state index < -0.39 is 38.9 Å². The quantitative estimate of drug-likeness (QED) is 0.635. The van der Waals surface area contributed by atoms with Crippen LogP contribution < -0.4 is 5.32 Å². The Morgan fingerprint density at radius 3 is 2.56 bits per heavy atom. The monoisotopic (exact) mass is 486 g/mol. The molecule has 1 aliphatic heterocycles. The third-order valence-corrected chi connectivity index (χ3v) is 8.95. The Labute approximate surface area is 200 Å². The largest absolute Gasteiger partial charge is 0.467 e. The minimum Gasteiger partial charge on any atom is -0.467 e. The molecule has 2 aliphatic carbocycles. The first kappa shape index (κ1) is 24.2. The molecule has 182 valence electrons. The molecule has 8 nitrogen and oxygen atoms in total. The van der Waals surface area contributed by atoms with E-state index in [4.69, 9.17) is 4.74 Å². The summed E-state index contributed by atoms with van der Waals surface area (Å²) in [6.07, 6.45) is 9.51. The number of esters is 1. The molecule has 0 bridgehead atoms. The summed E-state index contributed by atoms with van der Waals surface area (Å²) in [5.74, 6) is -1.08. The fourth-order valence-corrected chi connectivity index (χ4v) is 6.41. The van der Waals surface area contributed by atoms with Crippen molar-refractivity contribution in [2.24, 2.45) is 5.92 Å². The third-order valence-electron chi connectivity index (χ3n) is 7.40. The molecule has 0 spiro atoms. The van der Waals surface area contributed by atoms with Crippen LogP contribution >= 0.6 is 0 Å². The van der Waals surface area contributed by atoms with Crippen LogP contribution in [0.2, 0.25) is 0 Å². The summed E-state index contributed by atoms with van der Waals surface area (Å²) >= 11 is 0. The van der Waals surface area contributed by atoms with E-state index in [1.54, 1.807) is 6.07 Å². The number of carbonyl (C=O) groups is 3. The maximum atomic E-state index is 12.9. The Kier molecular flexibility index (Phi) is 6.18. The summed E-state index contributed by atoms with van der Waals surface area (Å²) in [7, 11) is -2.25. The van der Waals surface area contributed by atoms with Gasteiger partial charge in [-0.3, -0.25) is 9.59 Å². The number of fused-ring (bicyclic) bond motifs is 3. The summed E-state index contributed by atoms with van der Waals surface area (Å²) in [6, 6.07) is 4.64. The van der Waals surface area contributed by atoms with Crippen LogP contribution in [0, 0.1) is 5.92 Å². The van der Waals surface area contributed by atoms with E-state index in [0.717, 1.165) is 11.8 Å². The lowest BCUT2D eigenvalue weighted by atomic mass is 9.74. The number of nitrogens with one attached hydrogen (secondary N) is 1. The highest BCUT2D eigenvalue weighted by atomic mass is 32.2. The molecule has 1 aromatic rings. The van der Waals surface area contributed by atoms with Crippen molar-refractivity contribution in [3.05, 3.63) is 59.2 Å². The van der Waals surface area contributed by atoms with Crippen molar-refractivity contribution in [1.29, 1.82) is 0 Å². The van der Waals surface area contributed by atoms with E-state index in [9.17, 15) is 22.8 Å². The molecule has 4 atom stereocenters. The minimum atomic E-state index is -3.44. The van der Waals surface area contributed by atoms with Gasteiger partial charge in [-0.1, -0.05) is 44.2 Å². The average Bonchev–Trinajstić information content (AvgIpc) is 3.35. The number of carbonyl (C=O) groups excluding carboxylic acids is 3. The van der Waals surface area contributed by atoms with Crippen molar-refractivity contribution < 1.29 is 27.5 Å². The van der Waals surface area contributed by atoms with Crippen molar-refractivity contribution in [3.8, 4) is 0 Å². The number of benzene rings is 1. The van der Waals surface area contributed by atoms with Gasteiger partial charge in [-0.05, 0) is 41.0 Å². The van der Waals surface area contributed by atoms with E-state index in [-0.39, 0.29) is 30.8 Å². The summed E-state index contributed by atoms with van der Waals surface area (Å²) in [5.41, 5.74) is 2.71. The number of hydrogen-bond donors (Lipinski definition) is 1. The molecule has 1 N–H and O–H groups in total. The number of rotatable bonds is 5. The molecule has 0 radical (unpaired) electrons. The third kappa shape index (κ3) is 4.17. The lowest BCUT2D eigenvalue weighted by Crippen LogP contribution is -2.46. The second-order valence-electron chi connectivity index (χ2n) is 9.80. The van der Waals surface area contributed by atoms with Crippen molar-refractivity contribution in [2.75, 3.05) is 26.5 Å². The van der Waals surface area contributed by atoms with Crippen LogP contribution in [0.25, 0.3) is 0 Å². The van der Waals surface area contributed by atoms with Crippen LogP contribution in [0.5, 0.6) is 0 Å². The van der Waals surface area contributed by atoms with Crippen LogP contribution in [-0.4, -0.2) is 68.8 Å². The number of allylic oxidation sites excluding steroid dienone is 4. The summed E-state index contributed by atoms with van der Waals surface area (Å²) < 4.78 is 28.7. The minimum absolute atomic E-state index is 0.0175. The summed E-state index contributed by atoms with van der Waals surface area (Å²) in [5, 5.41) is 1.78. The zero-order valence-electron chi connectivity index (χ0n) is 19.8. The second kappa shape index (κ2) is 8.69. The van der Waals surface area contributed by atoms with Gasteiger partial charge in [0.05, 0.1) is 18.9 Å². The number of amides is 2. The molecule has 2 unspecified atom stereocenters. The average molecular weight is 487 g/mol. The highest BCUT2D eigenvalue weighted by molar-refractivity contribution is 7.91. The topological polar surface area (TPSA) is 110 Å². The molecular weight excluding hydrogens is 456 g/mol. The maximum Gasteiger partial charge on any atom is 0.328 e. The number of methoxy groups -OCH3 is 1. The molecule has 1 fully saturated rings. The van der Waals surface area contributed by atoms with Gasteiger partial charge < -0.3 is 15.0 Å². The first-order chi connectivity index (χ1) is 15.9. The van der Waals surface area contributed by atoms with E-state index >= 15 is 0 Å². The molecule has 0 aromatic heterocycles. The van der Waals surface area contributed by atoms with Crippen LogP contribution in [0.15, 0.2) is 42.5 Å². The molecule has 1 heterocycles. The first-order valence-electron chi connectivity index (χ1n) is 11.3. The number of hydrogen-bond acceptors (Lipinski definition) is 6. The first-order valence-corrected chi connectivity index (χ1v) is 13.2. The van der Waals surface area contributed by atoms with Gasteiger partial charge in [0, 0.05) is 24.3 Å². The smallest absolute Gasteiger partial charge is 0.328 e. The van der Waals surface area contributed by atoms with Gasteiger partial charge in [0.15, 0.2) is 9.84 Å². The van der Waals surface area contributed by atoms with Gasteiger partial charge >= 0.3 is 5.97 Å². The Morgan fingerprint density at radius 2 is 1.88 bits per heavy atom. The standard InChI is InChI=1S/C25H30N2O6S/c1-25(2)19-8-6-5-7-17(19)18-11-15(9-10-20(18)25)23(29)26-13-22(28)27-14-16(34(4,31)32)12-21(27)24(30)33-3/h5-11,16-17,19,21H,12-14H2,1-4H3,(H,26,29)/t16-,17?,19?,21+/m1/s1. The Balaban J connectivity index is 1.47. The number of nitrogens with zero attached hydrogens (tertiary/aromatic N) is 1. The Hall–Kier alpha value is -2.94. The van der Waals surface area contributed by atoms with Crippen molar-refractivity contribution in [3.63, 3.8) is 0 Å². The lowest BCUT2D eigenvalue weighted by molar-refractivity contribution is -0.150. The fourth-order valence-electron chi connectivity index (χ4n) is 5.44. The number of likely N-dealkylation sites (tertiary alicyclic amines) is 1. The Morgan fingerprint density at radius 1 is 1.18 bits per heavy atom. The SMILES string of the molecule is COC(=O)[C@@H]1C[C@@H](S(C)(=O)=O)CN1C(=O)CNC(=O)c1ccc2c(c1)C1C=CC=CC1C2(C)C. The molecule has 2 amide bonds. The zero-order chi connectivity index (χ0) is 24.8. The molecule has 34 heavy (non-hydrogen) atoms. The fraction of sp³-hybridized carbons (Fsp3) is 0.480. The van der Waals surface area contributed by atoms with Gasteiger partial charge in [-0.2, -0.15) is 0 Å². The molecule has 1 saturated heterocycles. The van der Waals surface area contributed by atoms with Crippen LogP contribution in [-0.2, 0) is 29.6 Å². The van der Waals surface area contributed by atoms with Crippen molar-refractivity contribution >= 4 is 27.6 Å². The van der Waals surface area contributed by atoms with Crippen molar-refractivity contribution in [2.45, 2.75) is 42.9 Å². The number of ether oxygens (including phenoxy) is 1. The molecule has 1 aromatic carbocycles. The van der Waals surface area contributed by atoms with Crippen molar-refractivity contribution in [1.82, 2.24) is 10.2 Å². The number of sulfone groups is 1. The highest BCUT2D eigenvalue weighted by Gasteiger charge is 2.45. The van der Waals surface area contributed by atoms with E-state index in [1.165, 1.54) is 17.6 Å². The highest BCUT2D eigenvalue weighted by Crippen LogP contribution is 2.52. The van der Waals surface area contributed by atoms with Gasteiger partial charge in [0.1, 0.15) is 6.04 Å². The second-order valence-corrected chi connectivity index (χ2v) is 12.1. The maximum absolute atomic E-state index is 12.9. The molecule has 0 saturated carbocycles. The molecule has 4 rings (SSSR count). The van der Waals surface area contributed by atoms with Gasteiger partial charge in [0.25, 0.3) is 5.91 Å². The lowest BCUT2D eigenvalue weighted by Gasteiger charge is -2.29. The van der Waals surface area contributed by atoms with E-state index in [0.29, 0.717) is 11.5 Å². The van der Waals surface area contributed by atoms with Gasteiger partial charge in [-0.25, -0.2) is 13.2 Å². The molecule has 3 aliphatic rings. The van der Waals surface area contributed by atoms with E-state index in [1.807, 2.05) is 18.2 Å².